The van der Waals surface area contributed by atoms with Gasteiger partial charge in [0.1, 0.15) is 13.7 Å². The van der Waals surface area contributed by atoms with Crippen LogP contribution in [0.5, 0.6) is 0 Å². The number of hydrogen-bond acceptors (Lipinski definition) is 4. The number of amides is 2. The summed E-state index contributed by atoms with van der Waals surface area (Å²) in [4.78, 5) is 33.0. The van der Waals surface area contributed by atoms with Gasteiger partial charge in [-0.2, -0.15) is 0 Å². The first-order chi connectivity index (χ1) is 5.65. The Morgan fingerprint density at radius 3 is 2.33 bits per heavy atom. The summed E-state index contributed by atoms with van der Waals surface area (Å²) >= 11 is 0. The smallest absolute Gasteiger partial charge is 0.326 e. The van der Waals surface area contributed by atoms with E-state index >= 15 is 0 Å². The molecule has 0 aliphatic carbocycles. The predicted octanol–water partition coefficient (Wildman–Crippen LogP) is -0.754. The Labute approximate surface area is 68.6 Å². The average Bonchev–Trinajstić information content (AvgIpc) is 2.35. The molecule has 0 aromatic carbocycles. The van der Waals surface area contributed by atoms with E-state index in [0.717, 1.165) is 17.1 Å². The molecule has 0 spiro atoms. The van der Waals surface area contributed by atoms with E-state index in [9.17, 15) is 14.4 Å². The van der Waals surface area contributed by atoms with Gasteiger partial charge in [0.25, 0.3) is 11.8 Å². The van der Waals surface area contributed by atoms with Gasteiger partial charge in [0.05, 0.1) is 0 Å². The number of esters is 1. The lowest BCUT2D eigenvalue weighted by molar-refractivity contribution is -0.148. The van der Waals surface area contributed by atoms with Gasteiger partial charge in [-0.15, -0.1) is 0 Å². The van der Waals surface area contributed by atoms with Gasteiger partial charge < -0.3 is 4.74 Å². The molecule has 1 heterocycles. The van der Waals surface area contributed by atoms with E-state index in [2.05, 4.69) is 11.8 Å². The molecule has 12 heavy (non-hydrogen) atoms. The van der Waals surface area contributed by atoms with Crippen molar-refractivity contribution >= 4 is 17.8 Å². The second-order valence-corrected chi connectivity index (χ2v) is 2.11. The second-order valence-electron chi connectivity index (χ2n) is 2.11. The van der Waals surface area contributed by atoms with Crippen LogP contribution in [0.15, 0.2) is 12.2 Å². The molecular formula is C7H6NO4. The van der Waals surface area contributed by atoms with Gasteiger partial charge in [-0.1, -0.05) is 0 Å². The van der Waals surface area contributed by atoms with Gasteiger partial charge in [0, 0.05) is 12.2 Å². The van der Waals surface area contributed by atoms with Crippen LogP contribution < -0.4 is 0 Å². The predicted molar refractivity (Wildman–Crippen MR) is 37.3 cm³/mol. The Bertz CT molecular complexity index is 251. The zero-order chi connectivity index (χ0) is 9.14. The minimum absolute atomic E-state index is 0.381. The number of imide groups is 1. The molecule has 5 heteroatoms. The highest BCUT2D eigenvalue weighted by atomic mass is 16.5. The first-order valence-corrected chi connectivity index (χ1v) is 3.13. The summed E-state index contributed by atoms with van der Waals surface area (Å²) < 4.78 is 4.05. The number of carbonyl (C=O) groups is 3. The van der Waals surface area contributed by atoms with E-state index in [1.165, 1.54) is 0 Å². The van der Waals surface area contributed by atoms with Crippen LogP contribution >= 0.6 is 0 Å². The zero-order valence-electron chi connectivity index (χ0n) is 6.15. The van der Waals surface area contributed by atoms with Crippen molar-refractivity contribution in [3.63, 3.8) is 0 Å². The lowest BCUT2D eigenvalue weighted by Gasteiger charge is -2.10. The third-order valence-corrected chi connectivity index (χ3v) is 1.35. The van der Waals surface area contributed by atoms with Gasteiger partial charge in [0.15, 0.2) is 0 Å². The average molecular weight is 168 g/mol. The van der Waals surface area contributed by atoms with E-state index in [-0.39, 0.29) is 6.54 Å². The normalized spacial score (nSPS) is 15.6. The first-order valence-electron chi connectivity index (χ1n) is 3.13. The maximum absolute atomic E-state index is 10.8. The zero-order valence-corrected chi connectivity index (χ0v) is 6.15. The molecule has 0 aromatic rings. The Kier molecular flexibility index (Phi) is 2.23. The molecule has 0 saturated carbocycles. The van der Waals surface area contributed by atoms with Crippen molar-refractivity contribution in [1.82, 2.24) is 4.90 Å². The SMILES string of the molecule is [CH2]OC(=O)CN1C(=O)C=CC1=O. The molecule has 1 rings (SSSR count). The highest BCUT2D eigenvalue weighted by Gasteiger charge is 2.25. The van der Waals surface area contributed by atoms with Gasteiger partial charge in [0.2, 0.25) is 0 Å². The van der Waals surface area contributed by atoms with Crippen LogP contribution in [-0.4, -0.2) is 29.2 Å². The molecule has 0 fully saturated rings. The van der Waals surface area contributed by atoms with Crippen molar-refractivity contribution in [2.45, 2.75) is 0 Å². The van der Waals surface area contributed by atoms with Crippen molar-refractivity contribution in [3.05, 3.63) is 19.3 Å². The molecule has 1 aliphatic heterocycles. The minimum Gasteiger partial charge on any atom is -0.461 e. The third kappa shape index (κ3) is 1.50. The monoisotopic (exact) mass is 168 g/mol. The van der Waals surface area contributed by atoms with Crippen molar-refractivity contribution in [2.24, 2.45) is 0 Å². The van der Waals surface area contributed by atoms with Crippen LogP contribution in [0.25, 0.3) is 0 Å². The highest BCUT2D eigenvalue weighted by Crippen LogP contribution is 2.02. The Morgan fingerprint density at radius 2 is 1.92 bits per heavy atom. The summed E-state index contributed by atoms with van der Waals surface area (Å²) in [6.07, 6.45) is 2.19. The molecular weight excluding hydrogens is 162 g/mol. The summed E-state index contributed by atoms with van der Waals surface area (Å²) in [6.45, 7) is -0.381. The van der Waals surface area contributed by atoms with Crippen LogP contribution in [0.1, 0.15) is 0 Å². The van der Waals surface area contributed by atoms with Crippen molar-refractivity contribution in [3.8, 4) is 0 Å². The standard InChI is InChI=1S/C7H6NO4/c1-12-7(11)4-8-5(9)2-3-6(8)10/h2-3H,1,4H2. The molecule has 0 N–H and O–H groups in total. The number of ether oxygens (including phenoxy) is 1. The molecule has 0 aromatic heterocycles. The Hall–Kier alpha value is -1.65. The lowest BCUT2D eigenvalue weighted by Crippen LogP contribution is -2.35. The molecule has 63 valence electrons. The summed E-state index contributed by atoms with van der Waals surface area (Å²) in [6, 6.07) is 0. The van der Waals surface area contributed by atoms with Crippen LogP contribution in [0.2, 0.25) is 0 Å². The van der Waals surface area contributed by atoms with Crippen molar-refractivity contribution < 1.29 is 19.1 Å². The molecule has 2 amide bonds. The molecule has 0 unspecified atom stereocenters. The fraction of sp³-hybridized carbons (Fsp3) is 0.143. The lowest BCUT2D eigenvalue weighted by atomic mass is 10.5. The number of rotatable bonds is 2. The summed E-state index contributed by atoms with van der Waals surface area (Å²) in [5.74, 6) is -1.74. The van der Waals surface area contributed by atoms with Crippen LogP contribution in [-0.2, 0) is 19.1 Å². The fourth-order valence-electron chi connectivity index (χ4n) is 0.762. The maximum Gasteiger partial charge on any atom is 0.326 e. The van der Waals surface area contributed by atoms with E-state index < -0.39 is 17.8 Å². The van der Waals surface area contributed by atoms with Crippen molar-refractivity contribution in [1.29, 1.82) is 0 Å². The number of nitrogens with zero attached hydrogens (tertiary/aromatic N) is 1. The second kappa shape index (κ2) is 3.17. The molecule has 0 saturated heterocycles. The Balaban J connectivity index is 2.59. The molecule has 0 atom stereocenters. The van der Waals surface area contributed by atoms with Crippen LogP contribution in [0.4, 0.5) is 0 Å². The molecule has 1 radical (unpaired) electrons. The topological polar surface area (TPSA) is 63.7 Å². The summed E-state index contributed by atoms with van der Waals surface area (Å²) in [5.41, 5.74) is 0. The minimum atomic E-state index is -0.722. The largest absolute Gasteiger partial charge is 0.461 e. The fourth-order valence-corrected chi connectivity index (χ4v) is 0.762. The van der Waals surface area contributed by atoms with Gasteiger partial charge in [-0.25, -0.2) is 0 Å². The van der Waals surface area contributed by atoms with E-state index in [4.69, 9.17) is 0 Å². The quantitative estimate of drug-likeness (QED) is 0.402. The summed E-state index contributed by atoms with van der Waals surface area (Å²) in [7, 11) is 2.86. The van der Waals surface area contributed by atoms with Crippen molar-refractivity contribution in [2.75, 3.05) is 6.54 Å². The van der Waals surface area contributed by atoms with E-state index in [0.29, 0.717) is 0 Å². The van der Waals surface area contributed by atoms with E-state index in [1.807, 2.05) is 0 Å². The number of carbonyl (C=O) groups excluding carboxylic acids is 3. The van der Waals surface area contributed by atoms with Gasteiger partial charge in [-0.05, 0) is 0 Å². The highest BCUT2D eigenvalue weighted by molar-refractivity contribution is 6.14. The maximum atomic E-state index is 10.8. The van der Waals surface area contributed by atoms with Gasteiger partial charge >= 0.3 is 5.97 Å². The van der Waals surface area contributed by atoms with Crippen LogP contribution in [0.3, 0.4) is 0 Å². The third-order valence-electron chi connectivity index (χ3n) is 1.35. The Morgan fingerprint density at radius 1 is 1.42 bits per heavy atom. The summed E-state index contributed by atoms with van der Waals surface area (Å²) in [5, 5.41) is 0. The molecule has 0 bridgehead atoms. The van der Waals surface area contributed by atoms with E-state index in [1.54, 1.807) is 0 Å². The molecule has 5 nitrogen and oxygen atoms in total. The van der Waals surface area contributed by atoms with Crippen LogP contribution in [0, 0.1) is 7.11 Å². The first kappa shape index (κ1) is 8.45. The van der Waals surface area contributed by atoms with Gasteiger partial charge in [-0.3, -0.25) is 19.3 Å². The number of hydrogen-bond donors (Lipinski definition) is 0. The molecule has 1 aliphatic rings.